The van der Waals surface area contributed by atoms with Gasteiger partial charge < -0.3 is 14.4 Å². The van der Waals surface area contributed by atoms with Crippen molar-refractivity contribution in [1.82, 2.24) is 10.1 Å². The molecule has 1 N–H and O–H groups in total. The summed E-state index contributed by atoms with van der Waals surface area (Å²) in [4.78, 5) is 26.3. The van der Waals surface area contributed by atoms with E-state index in [2.05, 4.69) is 10.1 Å². The summed E-state index contributed by atoms with van der Waals surface area (Å²) >= 11 is 0. The van der Waals surface area contributed by atoms with Crippen molar-refractivity contribution in [2.24, 2.45) is 5.41 Å². The Bertz CT molecular complexity index is 1310. The predicted octanol–water partition coefficient (Wildman–Crippen LogP) is 3.44. The standard InChI is InChI=1S/C20H19N3O8S/c1-11-21-18(22-31-11)15-14(32(28,29)12-8-6-5-7-9-12)10-13(17(24)16(15)23(26)27)30-19(25)20(2,3)4/h5-10,24H,1-4H3. The third-order valence-corrected chi connectivity index (χ3v) is 6.09. The number of rotatable bonds is 5. The lowest BCUT2D eigenvalue weighted by Gasteiger charge is -2.18. The van der Waals surface area contributed by atoms with Gasteiger partial charge in [-0.25, -0.2) is 8.42 Å². The zero-order valence-corrected chi connectivity index (χ0v) is 18.3. The van der Waals surface area contributed by atoms with Crippen LogP contribution in [-0.2, 0) is 14.6 Å². The van der Waals surface area contributed by atoms with Crippen LogP contribution in [0.2, 0.25) is 0 Å². The number of benzene rings is 2. The van der Waals surface area contributed by atoms with E-state index in [9.17, 15) is 28.4 Å². The van der Waals surface area contributed by atoms with Crippen molar-refractivity contribution in [3.05, 3.63) is 52.4 Å². The van der Waals surface area contributed by atoms with E-state index >= 15 is 0 Å². The summed E-state index contributed by atoms with van der Waals surface area (Å²) in [5.41, 5.74) is -2.67. The van der Waals surface area contributed by atoms with Gasteiger partial charge in [0.1, 0.15) is 5.56 Å². The first kappa shape index (κ1) is 22.9. The molecule has 0 aliphatic carbocycles. The van der Waals surface area contributed by atoms with Crippen LogP contribution in [0.5, 0.6) is 11.5 Å². The number of carbonyl (C=O) groups is 1. The van der Waals surface area contributed by atoms with Crippen molar-refractivity contribution in [2.75, 3.05) is 0 Å². The van der Waals surface area contributed by atoms with Gasteiger partial charge in [-0.05, 0) is 32.9 Å². The first-order valence-corrected chi connectivity index (χ1v) is 10.7. The van der Waals surface area contributed by atoms with Crippen LogP contribution in [0.3, 0.4) is 0 Å². The highest BCUT2D eigenvalue weighted by atomic mass is 32.2. The molecule has 1 aromatic heterocycles. The molecule has 0 saturated carbocycles. The van der Waals surface area contributed by atoms with Crippen molar-refractivity contribution < 1.29 is 32.5 Å². The van der Waals surface area contributed by atoms with E-state index in [4.69, 9.17) is 9.26 Å². The van der Waals surface area contributed by atoms with E-state index in [1.807, 2.05) is 0 Å². The van der Waals surface area contributed by atoms with Gasteiger partial charge in [-0.15, -0.1) is 0 Å². The van der Waals surface area contributed by atoms with Crippen molar-refractivity contribution in [2.45, 2.75) is 37.5 Å². The number of phenols is 1. The van der Waals surface area contributed by atoms with E-state index in [1.165, 1.54) is 52.0 Å². The van der Waals surface area contributed by atoms with Gasteiger partial charge in [0.2, 0.25) is 27.3 Å². The summed E-state index contributed by atoms with van der Waals surface area (Å²) in [6.45, 7) is 5.99. The largest absolute Gasteiger partial charge is 0.499 e. The van der Waals surface area contributed by atoms with Gasteiger partial charge in [0.25, 0.3) is 0 Å². The number of aromatic hydroxyl groups is 1. The van der Waals surface area contributed by atoms with Crippen LogP contribution in [0, 0.1) is 22.5 Å². The quantitative estimate of drug-likeness (QED) is 0.258. The van der Waals surface area contributed by atoms with Crippen LogP contribution in [0.1, 0.15) is 26.7 Å². The monoisotopic (exact) mass is 461 g/mol. The molecule has 11 nitrogen and oxygen atoms in total. The topological polar surface area (TPSA) is 163 Å². The summed E-state index contributed by atoms with van der Waals surface area (Å²) < 4.78 is 36.9. The molecule has 12 heteroatoms. The molecule has 3 rings (SSSR count). The number of hydrogen-bond acceptors (Lipinski definition) is 10. The Kier molecular flexibility index (Phi) is 5.75. The maximum Gasteiger partial charge on any atom is 0.327 e. The Morgan fingerprint density at radius 2 is 1.84 bits per heavy atom. The number of ether oxygens (including phenoxy) is 1. The number of esters is 1. The van der Waals surface area contributed by atoms with Gasteiger partial charge >= 0.3 is 11.7 Å². The number of hydrogen-bond donors (Lipinski definition) is 1. The molecule has 0 atom stereocenters. The highest BCUT2D eigenvalue weighted by Gasteiger charge is 2.38. The Morgan fingerprint density at radius 3 is 2.34 bits per heavy atom. The molecule has 0 fully saturated rings. The molecule has 0 spiro atoms. The molecule has 0 amide bonds. The highest BCUT2D eigenvalue weighted by Crippen LogP contribution is 2.48. The molecule has 0 bridgehead atoms. The zero-order valence-electron chi connectivity index (χ0n) is 17.5. The molecule has 3 aromatic rings. The molecule has 0 aliphatic heterocycles. The number of aryl methyl sites for hydroxylation is 1. The predicted molar refractivity (Wildman–Crippen MR) is 110 cm³/mol. The molecule has 0 aliphatic rings. The minimum atomic E-state index is -4.40. The maximum atomic E-state index is 13.4. The summed E-state index contributed by atoms with van der Waals surface area (Å²) in [6, 6.07) is 7.97. The molecule has 1 heterocycles. The van der Waals surface area contributed by atoms with Gasteiger partial charge in [0.15, 0.2) is 5.75 Å². The molecule has 32 heavy (non-hydrogen) atoms. The first-order chi connectivity index (χ1) is 14.8. The van der Waals surface area contributed by atoms with Crippen molar-refractivity contribution in [3.8, 4) is 22.9 Å². The van der Waals surface area contributed by atoms with Gasteiger partial charge in [-0.3, -0.25) is 14.9 Å². The van der Waals surface area contributed by atoms with Gasteiger partial charge in [-0.1, -0.05) is 23.4 Å². The van der Waals surface area contributed by atoms with Crippen molar-refractivity contribution in [1.29, 1.82) is 0 Å². The maximum absolute atomic E-state index is 13.4. The minimum absolute atomic E-state index is 0.0140. The Balaban J connectivity index is 2.41. The summed E-state index contributed by atoms with van der Waals surface area (Å²) in [5.74, 6) is -2.98. The summed E-state index contributed by atoms with van der Waals surface area (Å²) in [5, 5.41) is 26.1. The number of sulfone groups is 1. The number of aromatic nitrogens is 2. The normalized spacial score (nSPS) is 11.9. The lowest BCUT2D eigenvalue weighted by Crippen LogP contribution is -2.25. The first-order valence-electron chi connectivity index (χ1n) is 9.21. The van der Waals surface area contributed by atoms with Crippen LogP contribution in [0.15, 0.2) is 50.7 Å². The second-order valence-electron chi connectivity index (χ2n) is 7.80. The fraction of sp³-hybridized carbons (Fsp3) is 0.250. The van der Waals surface area contributed by atoms with Crippen LogP contribution in [0.4, 0.5) is 5.69 Å². The van der Waals surface area contributed by atoms with E-state index in [0.717, 1.165) is 6.07 Å². The van der Waals surface area contributed by atoms with E-state index < -0.39 is 59.6 Å². The molecular formula is C20H19N3O8S. The summed E-state index contributed by atoms with van der Waals surface area (Å²) in [7, 11) is -4.40. The third-order valence-electron chi connectivity index (χ3n) is 4.29. The Morgan fingerprint density at radius 1 is 1.22 bits per heavy atom. The van der Waals surface area contributed by atoms with Crippen molar-refractivity contribution >= 4 is 21.5 Å². The van der Waals surface area contributed by atoms with Crippen molar-refractivity contribution in [3.63, 3.8) is 0 Å². The fourth-order valence-electron chi connectivity index (χ4n) is 2.68. The second kappa shape index (κ2) is 8.04. The average molecular weight is 461 g/mol. The zero-order chi connectivity index (χ0) is 23.8. The molecule has 2 aromatic carbocycles. The lowest BCUT2D eigenvalue weighted by atomic mass is 9.97. The van der Waals surface area contributed by atoms with Crippen LogP contribution in [-0.4, -0.2) is 34.6 Å². The van der Waals surface area contributed by atoms with E-state index in [0.29, 0.717) is 0 Å². The highest BCUT2D eigenvalue weighted by molar-refractivity contribution is 7.91. The second-order valence-corrected chi connectivity index (χ2v) is 9.71. The van der Waals surface area contributed by atoms with Crippen LogP contribution in [0.25, 0.3) is 11.4 Å². The SMILES string of the molecule is Cc1nc(-c2c(S(=O)(=O)c3ccccc3)cc(OC(=O)C(C)(C)C)c(O)c2[N+](=O)[O-])no1. The molecule has 168 valence electrons. The molecule has 0 unspecified atom stereocenters. The lowest BCUT2D eigenvalue weighted by molar-refractivity contribution is -0.385. The Labute approximate surface area is 182 Å². The number of phenolic OH excluding ortho intramolecular Hbond substituents is 1. The Hall–Kier alpha value is -3.80. The number of carbonyl (C=O) groups excluding carboxylic acids is 1. The summed E-state index contributed by atoms with van der Waals surface area (Å²) in [6.07, 6.45) is 0. The fourth-order valence-corrected chi connectivity index (χ4v) is 4.16. The van der Waals surface area contributed by atoms with Gasteiger partial charge in [0, 0.05) is 13.0 Å². The van der Waals surface area contributed by atoms with E-state index in [1.54, 1.807) is 6.07 Å². The molecular weight excluding hydrogens is 442 g/mol. The average Bonchev–Trinajstić information content (AvgIpc) is 3.14. The van der Waals surface area contributed by atoms with Gasteiger partial charge in [-0.2, -0.15) is 4.98 Å². The number of nitrogens with zero attached hydrogens (tertiary/aromatic N) is 3. The molecule has 0 radical (unpaired) electrons. The van der Waals surface area contributed by atoms with E-state index in [-0.39, 0.29) is 10.8 Å². The number of nitro groups is 1. The third kappa shape index (κ3) is 4.17. The van der Waals surface area contributed by atoms with Crippen LogP contribution >= 0.6 is 0 Å². The smallest absolute Gasteiger partial charge is 0.327 e. The molecule has 0 saturated heterocycles. The number of nitro benzene ring substituents is 1. The van der Waals surface area contributed by atoms with Crippen LogP contribution < -0.4 is 4.74 Å². The van der Waals surface area contributed by atoms with Gasteiger partial charge in [0.05, 0.1) is 20.1 Å². The minimum Gasteiger partial charge on any atom is -0.499 e.